The normalized spacial score (nSPS) is 19.7. The van der Waals surface area contributed by atoms with Crippen LogP contribution in [0.2, 0.25) is 0 Å². The molecule has 2 atom stereocenters. The van der Waals surface area contributed by atoms with E-state index in [-0.39, 0.29) is 23.8 Å². The van der Waals surface area contributed by atoms with E-state index in [9.17, 15) is 30.4 Å². The fourth-order valence-electron chi connectivity index (χ4n) is 3.86. The van der Waals surface area contributed by atoms with Crippen molar-refractivity contribution in [2.45, 2.75) is 23.2 Å². The Kier molecular flexibility index (Phi) is 5.91. The molecule has 0 aliphatic carbocycles. The van der Waals surface area contributed by atoms with Gasteiger partial charge < -0.3 is 9.88 Å². The number of benzene rings is 2. The standard InChI is InChI=1S/C21H19F5N4O2S/c1-29-11-20(27-12-29)33(31,32)30-9-16(13-2-4-14(22)5-3-13)19(10-30)28-15-6-7-18(23)17(8-15)21(24,25)26/h2-8,11-12,16,19,28H,9-10H2,1H3/t16-,19+/m0/s1. The molecule has 1 saturated heterocycles. The second-order valence-corrected chi connectivity index (χ2v) is 9.69. The predicted octanol–water partition coefficient (Wildman–Crippen LogP) is 3.99. The van der Waals surface area contributed by atoms with Crippen LogP contribution in [-0.4, -0.2) is 41.4 Å². The maximum atomic E-state index is 13.7. The molecule has 0 unspecified atom stereocenters. The molecule has 0 radical (unpaired) electrons. The second-order valence-electron chi connectivity index (χ2n) is 7.80. The molecule has 1 fully saturated rings. The molecular weight excluding hydrogens is 467 g/mol. The zero-order valence-corrected chi connectivity index (χ0v) is 18.0. The van der Waals surface area contributed by atoms with E-state index in [1.165, 1.54) is 45.7 Å². The minimum Gasteiger partial charge on any atom is -0.380 e. The molecular formula is C21H19F5N4O2S. The van der Waals surface area contributed by atoms with Gasteiger partial charge in [0.1, 0.15) is 11.6 Å². The Morgan fingerprint density at radius 3 is 2.36 bits per heavy atom. The van der Waals surface area contributed by atoms with Gasteiger partial charge in [-0.1, -0.05) is 12.1 Å². The highest BCUT2D eigenvalue weighted by Crippen LogP contribution is 2.36. The molecule has 1 aromatic heterocycles. The first-order valence-corrected chi connectivity index (χ1v) is 11.3. The molecule has 1 N–H and O–H groups in total. The van der Waals surface area contributed by atoms with Gasteiger partial charge in [-0.05, 0) is 35.9 Å². The monoisotopic (exact) mass is 486 g/mol. The van der Waals surface area contributed by atoms with Gasteiger partial charge in [-0.15, -0.1) is 0 Å². The van der Waals surface area contributed by atoms with Gasteiger partial charge in [-0.2, -0.15) is 17.5 Å². The Bertz CT molecular complexity index is 1260. The highest BCUT2D eigenvalue weighted by Gasteiger charge is 2.41. The van der Waals surface area contributed by atoms with Crippen LogP contribution in [0.1, 0.15) is 17.0 Å². The first kappa shape index (κ1) is 23.2. The van der Waals surface area contributed by atoms with Gasteiger partial charge in [0.15, 0.2) is 5.03 Å². The lowest BCUT2D eigenvalue weighted by Gasteiger charge is -2.22. The molecule has 2 heterocycles. The molecule has 12 heteroatoms. The zero-order chi connectivity index (χ0) is 24.0. The van der Waals surface area contributed by atoms with E-state index in [0.717, 1.165) is 6.07 Å². The molecule has 1 aliphatic rings. The third-order valence-corrected chi connectivity index (χ3v) is 7.21. The lowest BCUT2D eigenvalue weighted by Crippen LogP contribution is -2.32. The molecule has 0 bridgehead atoms. The van der Waals surface area contributed by atoms with Crippen molar-refractivity contribution in [3.63, 3.8) is 0 Å². The van der Waals surface area contributed by atoms with Gasteiger partial charge >= 0.3 is 6.18 Å². The lowest BCUT2D eigenvalue weighted by atomic mass is 9.94. The summed E-state index contributed by atoms with van der Waals surface area (Å²) in [5, 5.41) is 2.75. The molecule has 176 valence electrons. The van der Waals surface area contributed by atoms with Crippen LogP contribution in [0, 0.1) is 11.6 Å². The van der Waals surface area contributed by atoms with Crippen molar-refractivity contribution in [1.29, 1.82) is 0 Å². The van der Waals surface area contributed by atoms with Crippen LogP contribution in [-0.2, 0) is 23.2 Å². The summed E-state index contributed by atoms with van der Waals surface area (Å²) in [6, 6.07) is 7.28. The summed E-state index contributed by atoms with van der Waals surface area (Å²) in [5.41, 5.74) is -0.842. The smallest absolute Gasteiger partial charge is 0.380 e. The van der Waals surface area contributed by atoms with Gasteiger partial charge in [-0.25, -0.2) is 22.2 Å². The maximum absolute atomic E-state index is 13.7. The third kappa shape index (κ3) is 4.71. The van der Waals surface area contributed by atoms with E-state index in [1.807, 2.05) is 0 Å². The van der Waals surface area contributed by atoms with Gasteiger partial charge in [0, 0.05) is 44.0 Å². The number of imidazole rings is 1. The van der Waals surface area contributed by atoms with Crippen molar-refractivity contribution in [1.82, 2.24) is 13.9 Å². The quantitative estimate of drug-likeness (QED) is 0.554. The summed E-state index contributed by atoms with van der Waals surface area (Å²) >= 11 is 0. The minimum absolute atomic E-state index is 0.00444. The van der Waals surface area contributed by atoms with E-state index in [0.29, 0.717) is 17.7 Å². The Hall–Kier alpha value is -2.99. The van der Waals surface area contributed by atoms with Gasteiger partial charge in [0.2, 0.25) is 0 Å². The molecule has 2 aromatic carbocycles. The van der Waals surface area contributed by atoms with E-state index < -0.39 is 45.4 Å². The number of hydrogen-bond donors (Lipinski definition) is 1. The zero-order valence-electron chi connectivity index (χ0n) is 17.2. The molecule has 0 amide bonds. The number of nitrogens with one attached hydrogen (secondary N) is 1. The Balaban J connectivity index is 1.67. The number of rotatable bonds is 5. The number of sulfonamides is 1. The van der Waals surface area contributed by atoms with Gasteiger partial charge in [0.25, 0.3) is 10.0 Å². The Morgan fingerprint density at radius 2 is 1.76 bits per heavy atom. The van der Waals surface area contributed by atoms with Gasteiger partial charge in [0.05, 0.1) is 11.9 Å². The number of alkyl halides is 3. The molecule has 1 aliphatic heterocycles. The van der Waals surface area contributed by atoms with E-state index in [4.69, 9.17) is 0 Å². The molecule has 6 nitrogen and oxygen atoms in total. The fourth-order valence-corrected chi connectivity index (χ4v) is 5.32. The summed E-state index contributed by atoms with van der Waals surface area (Å²) in [6.45, 7) is -0.0881. The summed E-state index contributed by atoms with van der Waals surface area (Å²) in [4.78, 5) is 3.90. The average Bonchev–Trinajstić information content (AvgIpc) is 3.36. The van der Waals surface area contributed by atoms with Gasteiger partial charge in [-0.3, -0.25) is 0 Å². The highest BCUT2D eigenvalue weighted by atomic mass is 32.2. The van der Waals surface area contributed by atoms with Crippen LogP contribution < -0.4 is 5.32 Å². The minimum atomic E-state index is -4.89. The second kappa shape index (κ2) is 8.41. The number of hydrogen-bond acceptors (Lipinski definition) is 4. The topological polar surface area (TPSA) is 67.2 Å². The molecule has 4 rings (SSSR count). The van der Waals surface area contributed by atoms with Crippen LogP contribution in [0.15, 0.2) is 60.0 Å². The van der Waals surface area contributed by atoms with Crippen molar-refractivity contribution < 1.29 is 30.4 Å². The summed E-state index contributed by atoms with van der Waals surface area (Å²) < 4.78 is 95.3. The number of halogens is 5. The number of aryl methyl sites for hydroxylation is 1. The predicted molar refractivity (Wildman–Crippen MR) is 110 cm³/mol. The fraction of sp³-hybridized carbons (Fsp3) is 0.286. The number of aromatic nitrogens is 2. The average molecular weight is 486 g/mol. The van der Waals surface area contributed by atoms with Crippen LogP contribution >= 0.6 is 0 Å². The van der Waals surface area contributed by atoms with E-state index in [2.05, 4.69) is 10.3 Å². The van der Waals surface area contributed by atoms with E-state index in [1.54, 1.807) is 7.05 Å². The maximum Gasteiger partial charge on any atom is 0.419 e. The van der Waals surface area contributed by atoms with Crippen molar-refractivity contribution >= 4 is 15.7 Å². The lowest BCUT2D eigenvalue weighted by molar-refractivity contribution is -0.139. The largest absolute Gasteiger partial charge is 0.419 e. The van der Waals surface area contributed by atoms with Crippen molar-refractivity contribution in [2.75, 3.05) is 18.4 Å². The Morgan fingerprint density at radius 1 is 1.06 bits per heavy atom. The highest BCUT2D eigenvalue weighted by molar-refractivity contribution is 7.89. The SMILES string of the molecule is Cn1cnc(S(=O)(=O)N2C[C@@H](Nc3ccc(F)c(C(F)(F)F)c3)[C@H](c3ccc(F)cc3)C2)c1. The van der Waals surface area contributed by atoms with Crippen LogP contribution in [0.3, 0.4) is 0 Å². The first-order valence-electron chi connectivity index (χ1n) is 9.82. The third-order valence-electron chi connectivity index (χ3n) is 5.49. The first-order chi connectivity index (χ1) is 15.4. The number of nitrogens with zero attached hydrogens (tertiary/aromatic N) is 3. The summed E-state index contributed by atoms with van der Waals surface area (Å²) in [5.74, 6) is -2.40. The molecule has 33 heavy (non-hydrogen) atoms. The van der Waals surface area contributed by atoms with Crippen molar-refractivity contribution in [2.24, 2.45) is 7.05 Å². The van der Waals surface area contributed by atoms with Crippen molar-refractivity contribution in [3.05, 3.63) is 77.8 Å². The van der Waals surface area contributed by atoms with Crippen LogP contribution in [0.5, 0.6) is 0 Å². The van der Waals surface area contributed by atoms with E-state index >= 15 is 0 Å². The van der Waals surface area contributed by atoms with Crippen LogP contribution in [0.25, 0.3) is 0 Å². The van der Waals surface area contributed by atoms with Crippen molar-refractivity contribution in [3.8, 4) is 0 Å². The molecule has 3 aromatic rings. The summed E-state index contributed by atoms with van der Waals surface area (Å²) in [7, 11) is -2.36. The molecule has 0 spiro atoms. The Labute approximate surface area is 186 Å². The molecule has 0 saturated carbocycles. The number of anilines is 1. The summed E-state index contributed by atoms with van der Waals surface area (Å²) in [6.07, 6.45) is -2.20. The van der Waals surface area contributed by atoms with Crippen LogP contribution in [0.4, 0.5) is 27.6 Å².